The molecule has 1 unspecified atom stereocenters. The number of nitriles is 1. The summed E-state index contributed by atoms with van der Waals surface area (Å²) >= 11 is 6.43. The van der Waals surface area contributed by atoms with E-state index in [9.17, 15) is 14.9 Å². The van der Waals surface area contributed by atoms with Crippen molar-refractivity contribution in [2.75, 3.05) is 24.6 Å². The summed E-state index contributed by atoms with van der Waals surface area (Å²) in [5.41, 5.74) is 2.45. The van der Waals surface area contributed by atoms with Crippen molar-refractivity contribution < 1.29 is 23.8 Å². The molecule has 6 rings (SSSR count). The van der Waals surface area contributed by atoms with Crippen molar-refractivity contribution >= 4 is 35.0 Å². The summed E-state index contributed by atoms with van der Waals surface area (Å²) in [4.78, 5) is 30.4. The van der Waals surface area contributed by atoms with Crippen LogP contribution in [0.2, 0.25) is 5.02 Å². The van der Waals surface area contributed by atoms with E-state index in [1.807, 2.05) is 20.8 Å². The molecule has 1 atom stereocenters. The number of halogens is 1. The third kappa shape index (κ3) is 5.27. The number of nitrogens with zero attached hydrogens (tertiary/aromatic N) is 3. The second-order valence-corrected chi connectivity index (χ2v) is 13.4. The highest BCUT2D eigenvalue weighted by molar-refractivity contribution is 6.32. The molecule has 2 saturated heterocycles. The summed E-state index contributed by atoms with van der Waals surface area (Å²) in [5, 5.41) is 10.3. The van der Waals surface area contributed by atoms with Gasteiger partial charge < -0.3 is 19.1 Å². The highest BCUT2D eigenvalue weighted by Gasteiger charge is 2.60. The number of fused-ring (bicyclic) bond motifs is 2. The van der Waals surface area contributed by atoms with Gasteiger partial charge in [-0.05, 0) is 101 Å². The van der Waals surface area contributed by atoms with Crippen molar-refractivity contribution in [3.05, 3.63) is 58.1 Å². The topological polar surface area (TPSA) is 92.1 Å². The Bertz CT molecular complexity index is 1410. The van der Waals surface area contributed by atoms with E-state index in [1.165, 1.54) is 0 Å². The summed E-state index contributed by atoms with van der Waals surface area (Å²) in [6.45, 7) is 7.56. The van der Waals surface area contributed by atoms with Crippen molar-refractivity contribution in [3.8, 4) is 6.07 Å². The van der Waals surface area contributed by atoms with Crippen molar-refractivity contribution in [1.29, 1.82) is 5.26 Å². The van der Waals surface area contributed by atoms with Crippen LogP contribution in [-0.2, 0) is 24.4 Å². The van der Waals surface area contributed by atoms with E-state index in [4.69, 9.17) is 25.8 Å². The number of hydrogen-bond donors (Lipinski definition) is 0. The fourth-order valence-electron chi connectivity index (χ4n) is 6.84. The zero-order chi connectivity index (χ0) is 29.6. The molecule has 0 bridgehead atoms. The number of carbonyl (C=O) groups is 2. The van der Waals surface area contributed by atoms with Crippen LogP contribution in [0.1, 0.15) is 88.3 Å². The number of piperidine rings is 1. The first-order valence-electron chi connectivity index (χ1n) is 15.0. The van der Waals surface area contributed by atoms with Crippen LogP contribution in [0.4, 0.5) is 16.2 Å². The lowest BCUT2D eigenvalue weighted by Crippen LogP contribution is -2.53. The molecule has 1 spiro atoms. The molecule has 42 heavy (non-hydrogen) atoms. The van der Waals surface area contributed by atoms with E-state index in [0.29, 0.717) is 43.2 Å². The van der Waals surface area contributed by atoms with Crippen molar-refractivity contribution in [3.63, 3.8) is 0 Å². The predicted molar refractivity (Wildman–Crippen MR) is 159 cm³/mol. The monoisotopic (exact) mass is 591 g/mol. The molecule has 1 saturated carbocycles. The van der Waals surface area contributed by atoms with Gasteiger partial charge in [0.2, 0.25) is 5.91 Å². The zero-order valence-corrected chi connectivity index (χ0v) is 25.3. The van der Waals surface area contributed by atoms with E-state index >= 15 is 0 Å². The van der Waals surface area contributed by atoms with Gasteiger partial charge in [-0.15, -0.1) is 0 Å². The Kier molecular flexibility index (Phi) is 7.71. The second-order valence-electron chi connectivity index (χ2n) is 12.9. The van der Waals surface area contributed by atoms with Gasteiger partial charge in [-0.25, -0.2) is 4.79 Å². The number of likely N-dealkylation sites (tertiary alicyclic amines) is 1. The van der Waals surface area contributed by atoms with Crippen molar-refractivity contribution in [1.82, 2.24) is 4.90 Å². The maximum atomic E-state index is 14.3. The molecule has 9 heteroatoms. The number of amides is 2. The summed E-state index contributed by atoms with van der Waals surface area (Å²) in [6, 6.07) is 13.8. The lowest BCUT2D eigenvalue weighted by atomic mass is 9.63. The summed E-state index contributed by atoms with van der Waals surface area (Å²) in [5.74, 6) is 0.191. The number of anilines is 2. The van der Waals surface area contributed by atoms with Gasteiger partial charge in [0.05, 0.1) is 33.5 Å². The van der Waals surface area contributed by atoms with Crippen LogP contribution in [0.25, 0.3) is 0 Å². The Hall–Kier alpha value is -3.12. The molecule has 0 radical (unpaired) electrons. The molecule has 222 valence electrons. The largest absolute Gasteiger partial charge is 0.444 e. The molecule has 3 fully saturated rings. The van der Waals surface area contributed by atoms with Gasteiger partial charge >= 0.3 is 6.09 Å². The fourth-order valence-corrected chi connectivity index (χ4v) is 7.05. The van der Waals surface area contributed by atoms with E-state index in [-0.39, 0.29) is 35.9 Å². The Morgan fingerprint density at radius 1 is 1.10 bits per heavy atom. The molecule has 0 N–H and O–H groups in total. The van der Waals surface area contributed by atoms with E-state index < -0.39 is 11.0 Å². The van der Waals surface area contributed by atoms with Crippen LogP contribution >= 0.6 is 11.6 Å². The van der Waals surface area contributed by atoms with E-state index in [2.05, 4.69) is 24.3 Å². The van der Waals surface area contributed by atoms with Crippen molar-refractivity contribution in [2.24, 2.45) is 0 Å². The Morgan fingerprint density at radius 2 is 1.86 bits per heavy atom. The summed E-state index contributed by atoms with van der Waals surface area (Å²) in [7, 11) is 0. The first-order valence-corrected chi connectivity index (χ1v) is 15.4. The molecule has 4 aliphatic rings. The second kappa shape index (κ2) is 11.2. The van der Waals surface area contributed by atoms with Crippen LogP contribution in [0.3, 0.4) is 0 Å². The van der Waals surface area contributed by atoms with E-state index in [1.54, 1.807) is 28.0 Å². The van der Waals surface area contributed by atoms with Gasteiger partial charge in [-0.3, -0.25) is 9.69 Å². The fraction of sp³-hybridized carbons (Fsp3) is 0.545. The molecule has 3 aliphatic heterocycles. The van der Waals surface area contributed by atoms with Gasteiger partial charge in [-0.1, -0.05) is 29.8 Å². The third-order valence-electron chi connectivity index (χ3n) is 8.99. The lowest BCUT2D eigenvalue weighted by molar-refractivity contribution is -0.213. The quantitative estimate of drug-likeness (QED) is 0.382. The standard InChI is InChI=1S/C33H38ClN3O5/c1-32(2,3)42-31(39)36-14-12-21(13-15-36)22-10-11-25-28(17-22)37(27-8-6-7-26(34)24(27)20-35)30(38)33(25)18-23(19-33)41-29-9-4-5-16-40-29/h6-8,10-11,17,21,23,29H,4-5,9,12-16,18-19H2,1-3H3. The molecule has 2 aromatic carbocycles. The Morgan fingerprint density at radius 3 is 2.52 bits per heavy atom. The average molecular weight is 592 g/mol. The molecular formula is C33H38ClN3O5. The number of ether oxygens (including phenoxy) is 3. The first-order chi connectivity index (χ1) is 20.1. The zero-order valence-electron chi connectivity index (χ0n) is 24.5. The van der Waals surface area contributed by atoms with Gasteiger partial charge in [-0.2, -0.15) is 5.26 Å². The molecule has 1 aliphatic carbocycles. The highest BCUT2D eigenvalue weighted by atomic mass is 35.5. The lowest BCUT2D eigenvalue weighted by Gasteiger charge is -2.45. The van der Waals surface area contributed by atoms with Crippen LogP contribution in [0, 0.1) is 11.3 Å². The molecule has 8 nitrogen and oxygen atoms in total. The van der Waals surface area contributed by atoms with Crippen LogP contribution in [-0.4, -0.2) is 54.6 Å². The number of carbonyl (C=O) groups excluding carboxylic acids is 2. The molecular weight excluding hydrogens is 554 g/mol. The highest BCUT2D eigenvalue weighted by Crippen LogP contribution is 2.57. The Balaban J connectivity index is 1.28. The van der Waals surface area contributed by atoms with Gasteiger partial charge in [0, 0.05) is 19.7 Å². The number of benzene rings is 2. The molecule has 2 amide bonds. The van der Waals surface area contributed by atoms with E-state index in [0.717, 1.165) is 48.9 Å². The third-order valence-corrected chi connectivity index (χ3v) is 9.30. The van der Waals surface area contributed by atoms with Crippen LogP contribution < -0.4 is 4.90 Å². The minimum Gasteiger partial charge on any atom is -0.444 e. The predicted octanol–water partition coefficient (Wildman–Crippen LogP) is 6.95. The number of hydrogen-bond acceptors (Lipinski definition) is 6. The SMILES string of the molecule is CC(C)(C)OC(=O)N1CCC(c2ccc3c(c2)N(c2cccc(Cl)c2C#N)C(=O)C32CC(OC3CCCCO3)C2)CC1. The minimum absolute atomic E-state index is 0.0439. The van der Waals surface area contributed by atoms with Gasteiger partial charge in [0.15, 0.2) is 6.29 Å². The summed E-state index contributed by atoms with van der Waals surface area (Å²) in [6.07, 6.45) is 5.22. The van der Waals surface area contributed by atoms with Crippen molar-refractivity contribution in [2.45, 2.75) is 95.0 Å². The molecule has 2 aromatic rings. The van der Waals surface area contributed by atoms with Gasteiger partial charge in [0.1, 0.15) is 11.7 Å². The maximum absolute atomic E-state index is 14.3. The van der Waals surface area contributed by atoms with Crippen LogP contribution in [0.15, 0.2) is 36.4 Å². The average Bonchev–Trinajstić information content (AvgIpc) is 3.20. The minimum atomic E-state index is -0.706. The number of rotatable bonds is 4. The Labute approximate surface area is 252 Å². The smallest absolute Gasteiger partial charge is 0.410 e. The van der Waals surface area contributed by atoms with Crippen LogP contribution in [0.5, 0.6) is 0 Å². The summed E-state index contributed by atoms with van der Waals surface area (Å²) < 4.78 is 17.6. The van der Waals surface area contributed by atoms with Gasteiger partial charge in [0.25, 0.3) is 0 Å². The first kappa shape index (κ1) is 29.0. The molecule has 0 aromatic heterocycles. The maximum Gasteiger partial charge on any atom is 0.410 e. The normalized spacial score (nSPS) is 26.1. The molecule has 3 heterocycles.